The Morgan fingerprint density at radius 3 is 1.35 bits per heavy atom. The molecule has 0 aromatic heterocycles. The molecule has 0 aromatic rings. The van der Waals surface area contributed by atoms with Crippen LogP contribution in [0.3, 0.4) is 0 Å². The fraction of sp³-hybridized carbons (Fsp3) is 0.950. The molecule has 0 rings (SSSR count). The Labute approximate surface area is 153 Å². The van der Waals surface area contributed by atoms with Gasteiger partial charge in [0.1, 0.15) is 0 Å². The first kappa shape index (κ1) is 23.3. The number of carbonyl (C=O) groups is 1. The predicted molar refractivity (Wildman–Crippen MR) is 105 cm³/mol. The number of carbonyl (C=O) groups excluding carboxylic acids is 1. The van der Waals surface area contributed by atoms with Gasteiger partial charge in [-0.2, -0.15) is 0 Å². The van der Waals surface area contributed by atoms with E-state index < -0.39 is 20.2 Å². The average molecular weight is 433 g/mol. The molecule has 3 heteroatoms. The van der Waals surface area contributed by atoms with Crippen molar-refractivity contribution in [3.05, 3.63) is 0 Å². The molecule has 0 unspecified atom stereocenters. The summed E-state index contributed by atoms with van der Waals surface area (Å²) in [5, 5.41) is 0. The number of rotatable bonds is 17. The standard InChI is InChI=1S/C18H36O2.2CH3.Sn.H/c1-2-3-4-5-6-7-8-9-10-11-12-13-14-15-16-17-18(19)20;;;;/h2-17H2,1H3,(H,19,20);2*1H3;;/q;;;+1;/p-1. The Bertz CT molecular complexity index is 254. The van der Waals surface area contributed by atoms with Crippen LogP contribution in [-0.4, -0.2) is 26.1 Å². The van der Waals surface area contributed by atoms with E-state index >= 15 is 0 Å². The van der Waals surface area contributed by atoms with Crippen molar-refractivity contribution >= 4 is 26.1 Å². The van der Waals surface area contributed by atoms with Crippen LogP contribution in [0.2, 0.25) is 9.88 Å². The zero-order chi connectivity index (χ0) is 17.2. The molecule has 0 bridgehead atoms. The monoisotopic (exact) mass is 434 g/mol. The first-order chi connectivity index (χ1) is 11.2. The Morgan fingerprint density at radius 1 is 0.652 bits per heavy atom. The molecule has 23 heavy (non-hydrogen) atoms. The molecule has 0 N–H and O–H groups in total. The maximum absolute atomic E-state index is 11.4. The van der Waals surface area contributed by atoms with Crippen molar-refractivity contribution < 1.29 is 7.87 Å². The van der Waals surface area contributed by atoms with Crippen molar-refractivity contribution in [2.75, 3.05) is 0 Å². The van der Waals surface area contributed by atoms with E-state index in [4.69, 9.17) is 3.07 Å². The molecule has 0 amide bonds. The van der Waals surface area contributed by atoms with Crippen molar-refractivity contribution in [2.45, 2.75) is 120 Å². The molecule has 0 radical (unpaired) electrons. The van der Waals surface area contributed by atoms with Gasteiger partial charge >= 0.3 is 108 Å². The summed E-state index contributed by atoms with van der Waals surface area (Å²) < 4.78 is 5.34. The van der Waals surface area contributed by atoms with E-state index in [9.17, 15) is 4.79 Å². The van der Waals surface area contributed by atoms with Crippen LogP contribution in [0.5, 0.6) is 0 Å². The van der Waals surface area contributed by atoms with Crippen LogP contribution < -0.4 is 0 Å². The second-order valence-electron chi connectivity index (χ2n) is 7.24. The molecule has 0 aliphatic carbocycles. The number of hydrogen-bond donors (Lipinski definition) is 0. The SMILES string of the molecule is CCCCCCCCCCCCCCCCCC(=O)[O][SnH]([CH3])[CH3]. The summed E-state index contributed by atoms with van der Waals surface area (Å²) in [6.07, 6.45) is 21.1. The molecule has 138 valence electrons. The third-order valence-electron chi connectivity index (χ3n) is 4.35. The van der Waals surface area contributed by atoms with Gasteiger partial charge in [0, 0.05) is 0 Å². The van der Waals surface area contributed by atoms with Crippen LogP contribution in [0.4, 0.5) is 0 Å². The maximum atomic E-state index is 11.4. The zero-order valence-corrected chi connectivity index (χ0v) is 19.5. The molecular weight excluding hydrogens is 391 g/mol. The Morgan fingerprint density at radius 2 is 1.00 bits per heavy atom. The van der Waals surface area contributed by atoms with E-state index in [0.717, 1.165) is 6.42 Å². The minimum atomic E-state index is -1.79. The summed E-state index contributed by atoms with van der Waals surface area (Å²) in [5.41, 5.74) is 0. The summed E-state index contributed by atoms with van der Waals surface area (Å²) in [5.74, 6) is 0.0606. The molecule has 0 aromatic carbocycles. The fourth-order valence-corrected chi connectivity index (χ4v) is 4.80. The van der Waals surface area contributed by atoms with Gasteiger partial charge in [0.15, 0.2) is 0 Å². The van der Waals surface area contributed by atoms with Gasteiger partial charge in [-0.3, -0.25) is 0 Å². The molecule has 0 saturated carbocycles. The Hall–Kier alpha value is 0.269. The van der Waals surface area contributed by atoms with E-state index in [1.54, 1.807) is 0 Å². The molecule has 2 nitrogen and oxygen atoms in total. The third-order valence-corrected chi connectivity index (χ3v) is 6.45. The van der Waals surface area contributed by atoms with Crippen LogP contribution in [0.25, 0.3) is 0 Å². The van der Waals surface area contributed by atoms with Gasteiger partial charge in [-0.15, -0.1) is 0 Å². The second kappa shape index (κ2) is 18.6. The molecule has 0 saturated heterocycles. The van der Waals surface area contributed by atoms with Crippen molar-refractivity contribution in [3.8, 4) is 0 Å². The Balaban J connectivity index is 3.06. The molecule has 0 aliphatic rings. The van der Waals surface area contributed by atoms with Gasteiger partial charge in [-0.05, 0) is 0 Å². The summed E-state index contributed by atoms with van der Waals surface area (Å²) in [4.78, 5) is 15.7. The normalized spacial score (nSPS) is 11.1. The van der Waals surface area contributed by atoms with Crippen molar-refractivity contribution in [3.63, 3.8) is 0 Å². The van der Waals surface area contributed by atoms with E-state index in [2.05, 4.69) is 16.8 Å². The fourth-order valence-electron chi connectivity index (χ4n) is 2.96. The second-order valence-corrected chi connectivity index (χ2v) is 13.9. The van der Waals surface area contributed by atoms with Gasteiger partial charge in [-0.25, -0.2) is 0 Å². The van der Waals surface area contributed by atoms with Crippen LogP contribution in [0, 0.1) is 0 Å². The van der Waals surface area contributed by atoms with Gasteiger partial charge in [-0.1, -0.05) is 45.4 Å². The number of hydrogen-bond acceptors (Lipinski definition) is 2. The molecule has 0 aliphatic heterocycles. The van der Waals surface area contributed by atoms with E-state index in [0.29, 0.717) is 6.42 Å². The molecule has 0 fully saturated rings. The minimum absolute atomic E-state index is 0.0606. The molecule has 0 atom stereocenters. The average Bonchev–Trinajstić information content (AvgIpc) is 2.50. The third kappa shape index (κ3) is 20.2. The molecule has 0 spiro atoms. The van der Waals surface area contributed by atoms with Gasteiger partial charge < -0.3 is 0 Å². The summed E-state index contributed by atoms with van der Waals surface area (Å²) in [7, 11) is 0. The van der Waals surface area contributed by atoms with Crippen LogP contribution in [0.1, 0.15) is 110 Å². The van der Waals surface area contributed by atoms with Crippen LogP contribution in [-0.2, 0) is 7.87 Å². The van der Waals surface area contributed by atoms with Crippen molar-refractivity contribution in [2.24, 2.45) is 0 Å². The Kier molecular flexibility index (Phi) is 18.8. The van der Waals surface area contributed by atoms with Gasteiger partial charge in [0.25, 0.3) is 0 Å². The van der Waals surface area contributed by atoms with Gasteiger partial charge in [0.05, 0.1) is 0 Å². The zero-order valence-electron chi connectivity index (χ0n) is 16.2. The van der Waals surface area contributed by atoms with E-state index in [1.165, 1.54) is 89.9 Å². The summed E-state index contributed by atoms with van der Waals surface area (Å²) >= 11 is -1.79. The van der Waals surface area contributed by atoms with Gasteiger partial charge in [0.2, 0.25) is 0 Å². The van der Waals surface area contributed by atoms with Crippen LogP contribution >= 0.6 is 0 Å². The summed E-state index contributed by atoms with van der Waals surface area (Å²) in [6.45, 7) is 2.28. The predicted octanol–water partition coefficient (Wildman–Crippen LogP) is 6.77. The van der Waals surface area contributed by atoms with Crippen LogP contribution in [0.15, 0.2) is 0 Å². The van der Waals surface area contributed by atoms with Crippen molar-refractivity contribution in [1.82, 2.24) is 0 Å². The van der Waals surface area contributed by atoms with E-state index in [1.807, 2.05) is 0 Å². The molecule has 0 heterocycles. The number of unbranched alkanes of at least 4 members (excludes halogenated alkanes) is 14. The summed E-state index contributed by atoms with van der Waals surface area (Å²) in [6, 6.07) is 0. The van der Waals surface area contributed by atoms with E-state index in [-0.39, 0.29) is 5.97 Å². The first-order valence-electron chi connectivity index (χ1n) is 10.4. The first-order valence-corrected chi connectivity index (χ1v) is 18.3. The van der Waals surface area contributed by atoms with Crippen molar-refractivity contribution in [1.29, 1.82) is 0 Å². The quantitative estimate of drug-likeness (QED) is 0.187. The topological polar surface area (TPSA) is 26.3 Å². The molecular formula is C20H42O2Sn.